The number of hydrogen-bond donors (Lipinski definition) is 1. The van der Waals surface area contributed by atoms with Gasteiger partial charge in [-0.15, -0.1) is 0 Å². The first-order chi connectivity index (χ1) is 12.6. The van der Waals surface area contributed by atoms with Crippen LogP contribution in [0.1, 0.15) is 25.0 Å². The first-order valence-electron chi connectivity index (χ1n) is 8.84. The Morgan fingerprint density at radius 3 is 2.19 bits per heavy atom. The molecule has 0 aromatic heterocycles. The van der Waals surface area contributed by atoms with Crippen molar-refractivity contribution in [3.8, 4) is 6.07 Å². The minimum Gasteiger partial charge on any atom is -0.389 e. The lowest BCUT2D eigenvalue weighted by Crippen LogP contribution is -2.37. The summed E-state index contributed by atoms with van der Waals surface area (Å²) in [6.45, 7) is 5.07. The molecule has 0 bridgehead atoms. The van der Waals surface area contributed by atoms with Crippen molar-refractivity contribution in [2.75, 3.05) is 6.54 Å². The van der Waals surface area contributed by atoms with E-state index in [4.69, 9.17) is 0 Å². The van der Waals surface area contributed by atoms with Gasteiger partial charge >= 0.3 is 0 Å². The summed E-state index contributed by atoms with van der Waals surface area (Å²) in [4.78, 5) is 14.5. The number of benzene rings is 2. The molecule has 0 unspecified atom stereocenters. The molecule has 2 rings (SSSR count). The SMILES string of the molecule is CC(C)N(Cc1ccccc1)C(=O)/C(C#N)=C\NCCc1ccccc1. The lowest BCUT2D eigenvalue weighted by molar-refractivity contribution is -0.129. The maximum atomic E-state index is 12.8. The summed E-state index contributed by atoms with van der Waals surface area (Å²) in [6, 6.07) is 21.9. The van der Waals surface area contributed by atoms with Crippen LogP contribution in [0.4, 0.5) is 0 Å². The number of nitrogens with zero attached hydrogens (tertiary/aromatic N) is 2. The molecule has 2 aromatic carbocycles. The predicted octanol–water partition coefficient (Wildman–Crippen LogP) is 3.66. The highest BCUT2D eigenvalue weighted by atomic mass is 16.2. The van der Waals surface area contributed by atoms with Gasteiger partial charge in [0.05, 0.1) is 0 Å². The van der Waals surface area contributed by atoms with Crippen LogP contribution in [-0.4, -0.2) is 23.4 Å². The van der Waals surface area contributed by atoms with Crippen LogP contribution in [0, 0.1) is 11.3 Å². The van der Waals surface area contributed by atoms with Crippen LogP contribution in [0.25, 0.3) is 0 Å². The number of carbonyl (C=O) groups is 1. The van der Waals surface area contributed by atoms with Crippen LogP contribution < -0.4 is 5.32 Å². The van der Waals surface area contributed by atoms with E-state index < -0.39 is 0 Å². The first kappa shape index (κ1) is 19.3. The van der Waals surface area contributed by atoms with Crippen LogP contribution in [0.5, 0.6) is 0 Å². The van der Waals surface area contributed by atoms with Crippen molar-refractivity contribution < 1.29 is 4.79 Å². The van der Waals surface area contributed by atoms with Crippen molar-refractivity contribution in [2.24, 2.45) is 0 Å². The van der Waals surface area contributed by atoms with E-state index in [0.717, 1.165) is 12.0 Å². The number of rotatable bonds is 8. The topological polar surface area (TPSA) is 56.1 Å². The Kier molecular flexibility index (Phi) is 7.45. The molecule has 0 saturated carbocycles. The van der Waals surface area contributed by atoms with E-state index in [9.17, 15) is 10.1 Å². The van der Waals surface area contributed by atoms with E-state index in [-0.39, 0.29) is 17.5 Å². The fraction of sp³-hybridized carbons (Fsp3) is 0.273. The molecule has 2 aromatic rings. The number of amides is 1. The molecule has 0 aliphatic carbocycles. The van der Waals surface area contributed by atoms with Crippen molar-refractivity contribution in [1.82, 2.24) is 10.2 Å². The zero-order chi connectivity index (χ0) is 18.8. The van der Waals surface area contributed by atoms with Gasteiger partial charge in [0.25, 0.3) is 5.91 Å². The van der Waals surface area contributed by atoms with Gasteiger partial charge < -0.3 is 10.2 Å². The Morgan fingerprint density at radius 2 is 1.65 bits per heavy atom. The van der Waals surface area contributed by atoms with Gasteiger partial charge in [0.1, 0.15) is 11.6 Å². The summed E-state index contributed by atoms with van der Waals surface area (Å²) >= 11 is 0. The highest BCUT2D eigenvalue weighted by molar-refractivity contribution is 5.97. The largest absolute Gasteiger partial charge is 0.389 e. The summed E-state index contributed by atoms with van der Waals surface area (Å²) in [5.41, 5.74) is 2.39. The van der Waals surface area contributed by atoms with E-state index >= 15 is 0 Å². The quantitative estimate of drug-likeness (QED) is 0.450. The minimum atomic E-state index is -0.251. The Labute approximate surface area is 155 Å². The molecule has 0 aliphatic heterocycles. The van der Waals surface area contributed by atoms with Crippen molar-refractivity contribution in [2.45, 2.75) is 32.9 Å². The Balaban J connectivity index is 1.99. The molecule has 4 heteroatoms. The van der Waals surface area contributed by atoms with Crippen molar-refractivity contribution in [3.63, 3.8) is 0 Å². The number of hydrogen-bond acceptors (Lipinski definition) is 3. The van der Waals surface area contributed by atoms with Gasteiger partial charge in [0, 0.05) is 25.3 Å². The third-order valence-corrected chi connectivity index (χ3v) is 4.08. The highest BCUT2D eigenvalue weighted by Gasteiger charge is 2.21. The average molecular weight is 347 g/mol. The number of carbonyl (C=O) groups excluding carboxylic acids is 1. The first-order valence-corrected chi connectivity index (χ1v) is 8.84. The summed E-state index contributed by atoms with van der Waals surface area (Å²) in [6.07, 6.45) is 2.37. The van der Waals surface area contributed by atoms with E-state index in [1.807, 2.05) is 68.4 Å². The maximum Gasteiger partial charge on any atom is 0.266 e. The van der Waals surface area contributed by atoms with Crippen LogP contribution in [0.15, 0.2) is 72.4 Å². The van der Waals surface area contributed by atoms with Gasteiger partial charge in [0.2, 0.25) is 0 Å². The van der Waals surface area contributed by atoms with Crippen LogP contribution in [0.2, 0.25) is 0 Å². The normalized spacial score (nSPS) is 11.1. The highest BCUT2D eigenvalue weighted by Crippen LogP contribution is 2.12. The maximum absolute atomic E-state index is 12.8. The molecule has 0 saturated heterocycles. The second-order valence-corrected chi connectivity index (χ2v) is 6.37. The van der Waals surface area contributed by atoms with E-state index in [1.165, 1.54) is 11.8 Å². The molecule has 0 aliphatic rings. The van der Waals surface area contributed by atoms with Crippen LogP contribution in [-0.2, 0) is 17.8 Å². The molecule has 0 heterocycles. The molecule has 0 spiro atoms. The number of nitriles is 1. The fourth-order valence-electron chi connectivity index (χ4n) is 2.60. The van der Waals surface area contributed by atoms with E-state index in [1.54, 1.807) is 4.90 Å². The molecule has 1 amide bonds. The van der Waals surface area contributed by atoms with Gasteiger partial charge in [-0.3, -0.25) is 4.79 Å². The minimum absolute atomic E-state index is 0.00350. The van der Waals surface area contributed by atoms with Gasteiger partial charge in [-0.2, -0.15) is 5.26 Å². The molecular formula is C22H25N3O. The molecule has 0 radical (unpaired) electrons. The predicted molar refractivity (Wildman–Crippen MR) is 104 cm³/mol. The second-order valence-electron chi connectivity index (χ2n) is 6.37. The van der Waals surface area contributed by atoms with Gasteiger partial charge in [-0.1, -0.05) is 60.7 Å². The third-order valence-electron chi connectivity index (χ3n) is 4.08. The standard InChI is InChI=1S/C22H25N3O/c1-18(2)25(17-20-11-7-4-8-12-20)22(26)21(15-23)16-24-14-13-19-9-5-3-6-10-19/h3-12,16,18,24H,13-14,17H2,1-2H3/b21-16-. The molecule has 26 heavy (non-hydrogen) atoms. The molecule has 134 valence electrons. The Bertz CT molecular complexity index is 761. The summed E-state index contributed by atoms with van der Waals surface area (Å²) in [5, 5.41) is 12.5. The van der Waals surface area contributed by atoms with Crippen LogP contribution >= 0.6 is 0 Å². The Morgan fingerprint density at radius 1 is 1.08 bits per heavy atom. The average Bonchev–Trinajstić information content (AvgIpc) is 2.67. The zero-order valence-electron chi connectivity index (χ0n) is 15.4. The second kappa shape index (κ2) is 10.0. The third kappa shape index (κ3) is 5.78. The smallest absolute Gasteiger partial charge is 0.266 e. The lowest BCUT2D eigenvalue weighted by Gasteiger charge is -2.26. The zero-order valence-corrected chi connectivity index (χ0v) is 15.4. The van der Waals surface area contributed by atoms with E-state index in [0.29, 0.717) is 13.1 Å². The number of nitrogens with one attached hydrogen (secondary N) is 1. The van der Waals surface area contributed by atoms with Gasteiger partial charge in [-0.25, -0.2) is 0 Å². The van der Waals surface area contributed by atoms with Crippen LogP contribution in [0.3, 0.4) is 0 Å². The monoisotopic (exact) mass is 347 g/mol. The molecule has 4 nitrogen and oxygen atoms in total. The van der Waals surface area contributed by atoms with Crippen molar-refractivity contribution >= 4 is 5.91 Å². The fourth-order valence-corrected chi connectivity index (χ4v) is 2.60. The molecule has 0 atom stereocenters. The molecular weight excluding hydrogens is 322 g/mol. The summed E-state index contributed by atoms with van der Waals surface area (Å²) in [7, 11) is 0. The van der Waals surface area contributed by atoms with Gasteiger partial charge in [0.15, 0.2) is 0 Å². The van der Waals surface area contributed by atoms with E-state index in [2.05, 4.69) is 17.4 Å². The van der Waals surface area contributed by atoms with Gasteiger partial charge in [-0.05, 0) is 31.4 Å². The Hall–Kier alpha value is -3.06. The lowest BCUT2D eigenvalue weighted by atomic mass is 10.1. The molecule has 0 fully saturated rings. The van der Waals surface area contributed by atoms with Crippen molar-refractivity contribution in [1.29, 1.82) is 5.26 Å². The summed E-state index contributed by atoms with van der Waals surface area (Å²) in [5.74, 6) is -0.251. The summed E-state index contributed by atoms with van der Waals surface area (Å²) < 4.78 is 0. The van der Waals surface area contributed by atoms with Crippen molar-refractivity contribution in [3.05, 3.63) is 83.6 Å². The molecule has 1 N–H and O–H groups in total.